The van der Waals surface area contributed by atoms with Crippen LogP contribution in [0.15, 0.2) is 48.7 Å². The summed E-state index contributed by atoms with van der Waals surface area (Å²) in [4.78, 5) is 6.29. The van der Waals surface area contributed by atoms with E-state index in [0.29, 0.717) is 36.0 Å². The molecule has 9 heteroatoms. The van der Waals surface area contributed by atoms with E-state index in [2.05, 4.69) is 16.3 Å². The first-order valence-corrected chi connectivity index (χ1v) is 11.5. The monoisotopic (exact) mass is 466 g/mol. The summed E-state index contributed by atoms with van der Waals surface area (Å²) in [5.74, 6) is 0.949. The van der Waals surface area contributed by atoms with Crippen LogP contribution in [0.4, 0.5) is 13.2 Å². The number of benzene rings is 1. The second-order valence-corrected chi connectivity index (χ2v) is 9.92. The van der Waals surface area contributed by atoms with Crippen LogP contribution in [-0.4, -0.2) is 49.3 Å². The summed E-state index contributed by atoms with van der Waals surface area (Å²) in [6.45, 7) is 2.27. The molecule has 1 aromatic carbocycles. The van der Waals surface area contributed by atoms with Gasteiger partial charge in [-0.3, -0.25) is 9.30 Å². The number of aromatic nitrogens is 4. The van der Waals surface area contributed by atoms with Crippen LogP contribution in [0, 0.1) is 0 Å². The maximum absolute atomic E-state index is 14.2. The highest BCUT2D eigenvalue weighted by Crippen LogP contribution is 2.43. The Kier molecular flexibility index (Phi) is 4.73. The number of hydrogen-bond acceptors (Lipinski definition) is 5. The number of likely N-dealkylation sites (tertiary alicyclic amines) is 1. The topological polar surface area (TPSA) is 72.3 Å². The predicted molar refractivity (Wildman–Crippen MR) is 123 cm³/mol. The molecule has 176 valence electrons. The Morgan fingerprint density at radius 1 is 1.09 bits per heavy atom. The van der Waals surface area contributed by atoms with Crippen molar-refractivity contribution in [3.8, 4) is 11.5 Å². The molecule has 2 aliphatic rings. The zero-order valence-electron chi connectivity index (χ0n) is 18.8. The molecule has 1 unspecified atom stereocenters. The Morgan fingerprint density at radius 2 is 1.91 bits per heavy atom. The van der Waals surface area contributed by atoms with Crippen molar-refractivity contribution in [1.82, 2.24) is 24.5 Å². The van der Waals surface area contributed by atoms with E-state index in [0.717, 1.165) is 23.7 Å². The SMILES string of the molecule is CC1(N)CCN([C@H](c2ccc3nnc(-c4ccc5cccc(C6CC6)c5n4)n3c2)C(F)(F)F)C1. The minimum atomic E-state index is -4.44. The Labute approximate surface area is 194 Å². The van der Waals surface area contributed by atoms with Gasteiger partial charge in [-0.1, -0.05) is 30.3 Å². The van der Waals surface area contributed by atoms with Gasteiger partial charge in [-0.25, -0.2) is 4.98 Å². The smallest absolute Gasteiger partial charge is 0.324 e. The van der Waals surface area contributed by atoms with Crippen LogP contribution in [-0.2, 0) is 0 Å². The van der Waals surface area contributed by atoms with Crippen molar-refractivity contribution < 1.29 is 13.2 Å². The molecule has 1 aliphatic carbocycles. The van der Waals surface area contributed by atoms with Gasteiger partial charge >= 0.3 is 6.18 Å². The van der Waals surface area contributed by atoms with Crippen molar-refractivity contribution in [2.45, 2.75) is 49.9 Å². The number of nitrogens with two attached hydrogens (primary N) is 1. The molecular weight excluding hydrogens is 441 g/mol. The molecule has 0 bridgehead atoms. The number of alkyl halides is 3. The fourth-order valence-electron chi connectivity index (χ4n) is 5.11. The first-order chi connectivity index (χ1) is 16.2. The van der Waals surface area contributed by atoms with Crippen molar-refractivity contribution in [2.24, 2.45) is 5.73 Å². The maximum atomic E-state index is 14.2. The largest absolute Gasteiger partial charge is 0.408 e. The van der Waals surface area contributed by atoms with Gasteiger partial charge in [0.05, 0.1) is 5.52 Å². The Hall–Kier alpha value is -3.04. The number of fused-ring (bicyclic) bond motifs is 2. The van der Waals surface area contributed by atoms with Crippen LogP contribution >= 0.6 is 0 Å². The normalized spacial score (nSPS) is 22.6. The molecule has 4 heterocycles. The summed E-state index contributed by atoms with van der Waals surface area (Å²) in [7, 11) is 0. The van der Waals surface area contributed by atoms with Crippen LogP contribution in [0.25, 0.3) is 28.1 Å². The standard InChI is InChI=1S/C25H25F3N6/c1-24(29)11-12-33(14-24)22(25(26,27)28)17-8-10-20-31-32-23(34(20)13-17)19-9-7-16-3-2-4-18(15-5-6-15)21(16)30-19/h2-4,7-10,13,15,22H,5-6,11-12,14,29H2,1H3/t22-,24?/m1/s1. The third-order valence-electron chi connectivity index (χ3n) is 6.95. The minimum absolute atomic E-state index is 0.137. The molecule has 34 heavy (non-hydrogen) atoms. The molecule has 1 aliphatic heterocycles. The van der Waals surface area contributed by atoms with Crippen LogP contribution in [0.5, 0.6) is 0 Å². The van der Waals surface area contributed by atoms with Crippen molar-refractivity contribution in [1.29, 1.82) is 0 Å². The quantitative estimate of drug-likeness (QED) is 0.466. The lowest BCUT2D eigenvalue weighted by Gasteiger charge is -2.31. The lowest BCUT2D eigenvalue weighted by Crippen LogP contribution is -2.43. The van der Waals surface area contributed by atoms with Gasteiger partial charge in [-0.15, -0.1) is 10.2 Å². The van der Waals surface area contributed by atoms with Crippen molar-refractivity contribution in [3.63, 3.8) is 0 Å². The van der Waals surface area contributed by atoms with Gasteiger partial charge in [-0.2, -0.15) is 13.2 Å². The van der Waals surface area contributed by atoms with Crippen molar-refractivity contribution in [3.05, 3.63) is 59.8 Å². The van der Waals surface area contributed by atoms with Gasteiger partial charge < -0.3 is 5.73 Å². The van der Waals surface area contributed by atoms with E-state index in [1.807, 2.05) is 24.3 Å². The molecule has 2 atom stereocenters. The van der Waals surface area contributed by atoms with E-state index in [1.165, 1.54) is 22.7 Å². The molecular formula is C25H25F3N6. The maximum Gasteiger partial charge on any atom is 0.408 e. The molecule has 6 nitrogen and oxygen atoms in total. The summed E-state index contributed by atoms with van der Waals surface area (Å²) in [5.41, 5.74) is 8.84. The molecule has 1 saturated carbocycles. The highest BCUT2D eigenvalue weighted by atomic mass is 19.4. The lowest BCUT2D eigenvalue weighted by atomic mass is 10.0. The molecule has 0 amide bonds. The number of para-hydroxylation sites is 1. The van der Waals surface area contributed by atoms with E-state index < -0.39 is 17.8 Å². The van der Waals surface area contributed by atoms with Gasteiger partial charge in [-0.05, 0) is 55.4 Å². The van der Waals surface area contributed by atoms with E-state index >= 15 is 0 Å². The van der Waals surface area contributed by atoms with Gasteiger partial charge in [0.1, 0.15) is 11.7 Å². The second-order valence-electron chi connectivity index (χ2n) is 9.92. The average Bonchev–Trinajstić information content (AvgIpc) is 3.45. The fourth-order valence-corrected chi connectivity index (χ4v) is 5.11. The third-order valence-corrected chi connectivity index (χ3v) is 6.95. The molecule has 2 fully saturated rings. The number of nitrogens with zero attached hydrogens (tertiary/aromatic N) is 5. The summed E-state index contributed by atoms with van der Waals surface area (Å²) < 4.78 is 44.3. The number of hydrogen-bond donors (Lipinski definition) is 1. The number of pyridine rings is 2. The molecule has 2 N–H and O–H groups in total. The van der Waals surface area contributed by atoms with Crippen molar-refractivity contribution in [2.75, 3.05) is 13.1 Å². The Balaban J connectivity index is 1.45. The van der Waals surface area contributed by atoms with Crippen LogP contribution < -0.4 is 5.73 Å². The third kappa shape index (κ3) is 3.73. The average molecular weight is 467 g/mol. The molecule has 3 aromatic heterocycles. The lowest BCUT2D eigenvalue weighted by molar-refractivity contribution is -0.184. The van der Waals surface area contributed by atoms with E-state index in [-0.39, 0.29) is 12.1 Å². The highest BCUT2D eigenvalue weighted by Gasteiger charge is 2.48. The molecule has 6 rings (SSSR count). The minimum Gasteiger partial charge on any atom is -0.324 e. The first-order valence-electron chi connectivity index (χ1n) is 11.5. The summed E-state index contributed by atoms with van der Waals surface area (Å²) in [5, 5.41) is 9.51. The second kappa shape index (κ2) is 7.48. The van der Waals surface area contributed by atoms with Gasteiger partial charge in [0.15, 0.2) is 11.5 Å². The molecule has 0 spiro atoms. The van der Waals surface area contributed by atoms with Crippen LogP contribution in [0.3, 0.4) is 0 Å². The number of halogens is 3. The first kappa shape index (κ1) is 21.5. The fraction of sp³-hybridized carbons (Fsp3) is 0.400. The molecule has 0 radical (unpaired) electrons. The zero-order chi connectivity index (χ0) is 23.7. The van der Waals surface area contributed by atoms with Crippen LogP contribution in [0.2, 0.25) is 0 Å². The van der Waals surface area contributed by atoms with Gasteiger partial charge in [0.25, 0.3) is 0 Å². The van der Waals surface area contributed by atoms with E-state index in [9.17, 15) is 13.2 Å². The zero-order valence-corrected chi connectivity index (χ0v) is 18.8. The molecule has 1 saturated heterocycles. The number of rotatable bonds is 4. The van der Waals surface area contributed by atoms with E-state index in [4.69, 9.17) is 10.7 Å². The van der Waals surface area contributed by atoms with Gasteiger partial charge in [0, 0.05) is 30.2 Å². The summed E-state index contributed by atoms with van der Waals surface area (Å²) in [6.07, 6.45) is -0.126. The van der Waals surface area contributed by atoms with E-state index in [1.54, 1.807) is 17.4 Å². The summed E-state index contributed by atoms with van der Waals surface area (Å²) >= 11 is 0. The highest BCUT2D eigenvalue weighted by molar-refractivity contribution is 5.84. The molecule has 4 aromatic rings. The van der Waals surface area contributed by atoms with Gasteiger partial charge in [0.2, 0.25) is 0 Å². The Bertz CT molecular complexity index is 1390. The summed E-state index contributed by atoms with van der Waals surface area (Å²) in [6, 6.07) is 11.3. The predicted octanol–water partition coefficient (Wildman–Crippen LogP) is 4.85. The van der Waals surface area contributed by atoms with Crippen LogP contribution in [0.1, 0.15) is 49.3 Å². The Morgan fingerprint density at radius 3 is 2.62 bits per heavy atom. The van der Waals surface area contributed by atoms with Crippen molar-refractivity contribution >= 4 is 16.6 Å².